The molecule has 3 rings (SSSR count). The van der Waals surface area contributed by atoms with Crippen molar-refractivity contribution in [2.45, 2.75) is 19.5 Å². The number of hydrogen-bond acceptors (Lipinski definition) is 5. The van der Waals surface area contributed by atoms with E-state index in [0.29, 0.717) is 11.9 Å². The molecule has 1 aliphatic heterocycles. The molecular formula is C15H18ClN3O3. The second-order valence-corrected chi connectivity index (χ2v) is 5.23. The maximum Gasteiger partial charge on any atom is 0.343 e. The zero-order valence-electron chi connectivity index (χ0n) is 12.4. The number of rotatable bonds is 3. The molecule has 1 unspecified atom stereocenters. The van der Waals surface area contributed by atoms with Gasteiger partial charge in [0.25, 0.3) is 0 Å². The van der Waals surface area contributed by atoms with Crippen molar-refractivity contribution in [3.8, 4) is 0 Å². The van der Waals surface area contributed by atoms with Gasteiger partial charge in [-0.1, -0.05) is 12.1 Å². The molecule has 7 heteroatoms. The first-order chi connectivity index (χ1) is 10.1. The number of para-hydroxylation sites is 1. The number of pyridine rings is 1. The molecule has 0 amide bonds. The molecule has 6 nitrogen and oxygen atoms in total. The Labute approximate surface area is 133 Å². The molecule has 1 saturated heterocycles. The van der Waals surface area contributed by atoms with Crippen molar-refractivity contribution in [1.29, 1.82) is 0 Å². The lowest BCUT2D eigenvalue weighted by Crippen LogP contribution is -2.68. The van der Waals surface area contributed by atoms with E-state index in [1.165, 1.54) is 0 Å². The number of aromatic nitrogens is 1. The van der Waals surface area contributed by atoms with Crippen LogP contribution >= 0.6 is 12.4 Å². The predicted molar refractivity (Wildman–Crippen MR) is 86.2 cm³/mol. The zero-order valence-corrected chi connectivity index (χ0v) is 13.2. The molecule has 2 heterocycles. The molecule has 1 aromatic heterocycles. The number of ether oxygens (including phenoxy) is 1. The van der Waals surface area contributed by atoms with Crippen LogP contribution in [-0.2, 0) is 10.4 Å². The molecule has 1 atom stereocenters. The third-order valence-corrected chi connectivity index (χ3v) is 3.73. The summed E-state index contributed by atoms with van der Waals surface area (Å²) in [6, 6.07) is 7.26. The van der Waals surface area contributed by atoms with Crippen LogP contribution in [0.15, 0.2) is 35.3 Å². The maximum absolute atomic E-state index is 12.5. The summed E-state index contributed by atoms with van der Waals surface area (Å²) in [5, 5.41) is 0.512. The molecule has 0 aliphatic carbocycles. The fourth-order valence-electron chi connectivity index (χ4n) is 2.53. The van der Waals surface area contributed by atoms with Crippen molar-refractivity contribution in [3.63, 3.8) is 0 Å². The topological polar surface area (TPSA) is 72.4 Å². The Kier molecular flexibility index (Phi) is 4.55. The summed E-state index contributed by atoms with van der Waals surface area (Å²) in [7, 11) is 0. The number of halogens is 1. The van der Waals surface area contributed by atoms with E-state index >= 15 is 0 Å². The average molecular weight is 324 g/mol. The van der Waals surface area contributed by atoms with E-state index in [9.17, 15) is 9.59 Å². The van der Waals surface area contributed by atoms with Crippen LogP contribution in [0, 0.1) is 0 Å². The second kappa shape index (κ2) is 6.08. The minimum Gasteiger partial charge on any atom is -0.462 e. The smallest absolute Gasteiger partial charge is 0.343 e. The van der Waals surface area contributed by atoms with Gasteiger partial charge in [-0.25, -0.2) is 10.2 Å². The van der Waals surface area contributed by atoms with Gasteiger partial charge in [0.15, 0.2) is 0 Å². The Hall–Kier alpha value is -1.89. The Bertz CT molecular complexity index is 768. The number of nitrogens with one attached hydrogen (secondary N) is 2. The van der Waals surface area contributed by atoms with Crippen molar-refractivity contribution < 1.29 is 9.53 Å². The van der Waals surface area contributed by atoms with Gasteiger partial charge in [-0.05, 0) is 26.0 Å². The Morgan fingerprint density at radius 2 is 2.09 bits per heavy atom. The molecule has 2 aromatic rings. The SMILES string of the molecule is CCOC(=O)c1cn(C2(C)CNN2)c2ccccc2c1=O.Cl. The van der Waals surface area contributed by atoms with Gasteiger partial charge >= 0.3 is 5.97 Å². The highest BCUT2D eigenvalue weighted by molar-refractivity contribution is 5.93. The number of fused-ring (bicyclic) bond motifs is 1. The van der Waals surface area contributed by atoms with Crippen molar-refractivity contribution >= 4 is 29.3 Å². The molecule has 22 heavy (non-hydrogen) atoms. The van der Waals surface area contributed by atoms with Crippen LogP contribution in [0.1, 0.15) is 24.2 Å². The van der Waals surface area contributed by atoms with E-state index in [2.05, 4.69) is 10.9 Å². The van der Waals surface area contributed by atoms with Crippen LogP contribution < -0.4 is 16.3 Å². The number of carbonyl (C=O) groups is 1. The van der Waals surface area contributed by atoms with Crippen molar-refractivity contribution in [3.05, 3.63) is 46.2 Å². The number of hydrazine groups is 1. The summed E-state index contributed by atoms with van der Waals surface area (Å²) in [6.45, 7) is 4.65. The highest BCUT2D eigenvalue weighted by Crippen LogP contribution is 2.22. The quantitative estimate of drug-likeness (QED) is 0.835. The first-order valence-corrected chi connectivity index (χ1v) is 6.89. The summed E-state index contributed by atoms with van der Waals surface area (Å²) in [4.78, 5) is 24.5. The van der Waals surface area contributed by atoms with E-state index < -0.39 is 5.97 Å². The summed E-state index contributed by atoms with van der Waals surface area (Å²) in [5.74, 6) is -0.585. The maximum atomic E-state index is 12.5. The van der Waals surface area contributed by atoms with E-state index in [-0.39, 0.29) is 35.7 Å². The monoisotopic (exact) mass is 323 g/mol. The lowest BCUT2D eigenvalue weighted by Gasteiger charge is -2.43. The molecule has 1 aliphatic rings. The van der Waals surface area contributed by atoms with Gasteiger partial charge in [-0.3, -0.25) is 10.2 Å². The van der Waals surface area contributed by atoms with Gasteiger partial charge in [-0.15, -0.1) is 12.4 Å². The molecule has 0 bridgehead atoms. The van der Waals surface area contributed by atoms with Crippen LogP contribution in [0.5, 0.6) is 0 Å². The van der Waals surface area contributed by atoms with Gasteiger partial charge in [0, 0.05) is 18.1 Å². The molecule has 1 fully saturated rings. The Morgan fingerprint density at radius 3 is 2.68 bits per heavy atom. The normalized spacial score (nSPS) is 20.1. The summed E-state index contributed by atoms with van der Waals surface area (Å²) >= 11 is 0. The van der Waals surface area contributed by atoms with E-state index in [1.807, 2.05) is 23.6 Å². The van der Waals surface area contributed by atoms with Gasteiger partial charge in [-0.2, -0.15) is 0 Å². The van der Waals surface area contributed by atoms with Gasteiger partial charge in [0.2, 0.25) is 5.43 Å². The third kappa shape index (κ3) is 2.49. The Balaban J connectivity index is 0.00000176. The number of nitrogens with zero attached hydrogens (tertiary/aromatic N) is 1. The fraction of sp³-hybridized carbons (Fsp3) is 0.333. The van der Waals surface area contributed by atoms with E-state index in [4.69, 9.17) is 4.74 Å². The number of hydrogen-bond donors (Lipinski definition) is 2. The van der Waals surface area contributed by atoms with Crippen LogP contribution in [-0.4, -0.2) is 23.7 Å². The molecule has 0 spiro atoms. The van der Waals surface area contributed by atoms with E-state index in [0.717, 1.165) is 5.52 Å². The largest absolute Gasteiger partial charge is 0.462 e. The third-order valence-electron chi connectivity index (χ3n) is 3.73. The number of carbonyl (C=O) groups excluding carboxylic acids is 1. The van der Waals surface area contributed by atoms with Crippen molar-refractivity contribution in [2.75, 3.05) is 13.2 Å². The first kappa shape index (κ1) is 16.5. The first-order valence-electron chi connectivity index (χ1n) is 6.89. The number of esters is 1. The molecule has 0 saturated carbocycles. The molecule has 118 valence electrons. The summed E-state index contributed by atoms with van der Waals surface area (Å²) in [6.07, 6.45) is 1.58. The van der Waals surface area contributed by atoms with E-state index in [1.54, 1.807) is 25.3 Å². The van der Waals surface area contributed by atoms with Gasteiger partial charge in [0.1, 0.15) is 11.2 Å². The number of benzene rings is 1. The average Bonchev–Trinajstić information content (AvgIpc) is 2.46. The minimum absolute atomic E-state index is 0. The van der Waals surface area contributed by atoms with Crippen LogP contribution in [0.4, 0.5) is 0 Å². The lowest BCUT2D eigenvalue weighted by atomic mass is 10.1. The zero-order chi connectivity index (χ0) is 15.0. The standard InChI is InChI=1S/C15H17N3O3.ClH/c1-3-21-14(20)11-8-18(15(2)9-16-17-15)12-7-5-4-6-10(12)13(11)19;/h4-8,16-17H,3,9H2,1-2H3;1H. The highest BCUT2D eigenvalue weighted by Gasteiger charge is 2.34. The van der Waals surface area contributed by atoms with Crippen LogP contribution in [0.3, 0.4) is 0 Å². The molecule has 0 radical (unpaired) electrons. The van der Waals surface area contributed by atoms with Gasteiger partial charge < -0.3 is 9.30 Å². The van der Waals surface area contributed by atoms with Crippen LogP contribution in [0.25, 0.3) is 10.9 Å². The van der Waals surface area contributed by atoms with Crippen molar-refractivity contribution in [1.82, 2.24) is 15.4 Å². The summed E-state index contributed by atoms with van der Waals surface area (Å²) < 4.78 is 6.90. The van der Waals surface area contributed by atoms with Crippen LogP contribution in [0.2, 0.25) is 0 Å². The fourth-order valence-corrected chi connectivity index (χ4v) is 2.53. The molecular weight excluding hydrogens is 306 g/mol. The van der Waals surface area contributed by atoms with Gasteiger partial charge in [0.05, 0.1) is 12.1 Å². The molecule has 1 aromatic carbocycles. The second-order valence-electron chi connectivity index (χ2n) is 5.23. The highest BCUT2D eigenvalue weighted by atomic mass is 35.5. The summed E-state index contributed by atoms with van der Waals surface area (Å²) in [5.41, 5.74) is 6.26. The Morgan fingerprint density at radius 1 is 1.41 bits per heavy atom. The molecule has 2 N–H and O–H groups in total. The van der Waals surface area contributed by atoms with Crippen molar-refractivity contribution in [2.24, 2.45) is 0 Å². The lowest BCUT2D eigenvalue weighted by molar-refractivity contribution is 0.0520. The predicted octanol–water partition coefficient (Wildman–Crippen LogP) is 1.38. The minimum atomic E-state index is -0.585.